The van der Waals surface area contributed by atoms with Gasteiger partial charge in [0.25, 0.3) is 0 Å². The molecule has 1 N–H and O–H groups in total. The van der Waals surface area contributed by atoms with E-state index in [0.29, 0.717) is 0 Å². The maximum Gasteiger partial charge on any atom is 0.126 e. The van der Waals surface area contributed by atoms with E-state index >= 15 is 0 Å². The van der Waals surface area contributed by atoms with E-state index in [1.807, 2.05) is 24.4 Å². The largest absolute Gasteiger partial charge is 0.365 e. The fourth-order valence-electron chi connectivity index (χ4n) is 1.67. The molecule has 0 radical (unpaired) electrons. The van der Waals surface area contributed by atoms with Crippen molar-refractivity contribution in [1.82, 2.24) is 4.98 Å². The molecule has 0 aromatic carbocycles. The molecule has 1 heterocycles. The highest BCUT2D eigenvalue weighted by Crippen LogP contribution is 2.40. The lowest BCUT2D eigenvalue weighted by atomic mass is 9.99. The maximum absolute atomic E-state index is 4.26. The van der Waals surface area contributed by atoms with Crippen molar-refractivity contribution >= 4 is 5.82 Å². The molecule has 0 atom stereocenters. The topological polar surface area (TPSA) is 24.9 Å². The van der Waals surface area contributed by atoms with Crippen LogP contribution in [0.2, 0.25) is 0 Å². The van der Waals surface area contributed by atoms with Crippen LogP contribution >= 0.6 is 0 Å². The summed E-state index contributed by atoms with van der Waals surface area (Å²) in [6, 6.07) is 5.97. The average Bonchev–Trinajstić information content (AvgIpc) is 2.87. The molecule has 0 bridgehead atoms. The number of aromatic nitrogens is 1. The second-order valence-corrected chi connectivity index (χ2v) is 4.34. The second-order valence-electron chi connectivity index (χ2n) is 4.34. The highest BCUT2D eigenvalue weighted by molar-refractivity contribution is 5.37. The lowest BCUT2D eigenvalue weighted by Gasteiger charge is -2.26. The third kappa shape index (κ3) is 2.00. The first-order valence-corrected chi connectivity index (χ1v) is 4.88. The van der Waals surface area contributed by atoms with E-state index in [4.69, 9.17) is 0 Å². The van der Waals surface area contributed by atoms with Gasteiger partial charge in [0.15, 0.2) is 0 Å². The molecule has 1 aliphatic rings. The number of rotatable bonds is 3. The van der Waals surface area contributed by atoms with Crippen molar-refractivity contribution in [2.75, 3.05) is 5.32 Å². The van der Waals surface area contributed by atoms with Gasteiger partial charge in [-0.2, -0.15) is 0 Å². The second kappa shape index (κ2) is 3.02. The SMILES string of the molecule is CC(C)(Nc1ccccn1)C1CC1. The molecule has 0 spiro atoms. The molecule has 2 heteroatoms. The number of hydrogen-bond donors (Lipinski definition) is 1. The van der Waals surface area contributed by atoms with Gasteiger partial charge in [-0.15, -0.1) is 0 Å². The molecule has 0 amide bonds. The maximum atomic E-state index is 4.26. The molecular formula is C11H16N2. The van der Waals surface area contributed by atoms with Crippen molar-refractivity contribution < 1.29 is 0 Å². The Labute approximate surface area is 79.4 Å². The number of nitrogens with zero attached hydrogens (tertiary/aromatic N) is 1. The molecule has 0 saturated heterocycles. The highest BCUT2D eigenvalue weighted by Gasteiger charge is 2.37. The first kappa shape index (κ1) is 8.54. The Morgan fingerprint density at radius 3 is 2.69 bits per heavy atom. The number of anilines is 1. The molecule has 1 fully saturated rings. The van der Waals surface area contributed by atoms with Crippen LogP contribution in [-0.2, 0) is 0 Å². The van der Waals surface area contributed by atoms with Gasteiger partial charge < -0.3 is 5.32 Å². The Kier molecular flexibility index (Phi) is 1.98. The van der Waals surface area contributed by atoms with E-state index in [0.717, 1.165) is 11.7 Å². The lowest BCUT2D eigenvalue weighted by Crippen LogP contribution is -2.33. The average molecular weight is 176 g/mol. The molecule has 1 aromatic heterocycles. The van der Waals surface area contributed by atoms with Crippen LogP contribution in [0, 0.1) is 5.92 Å². The van der Waals surface area contributed by atoms with Crippen LogP contribution in [0.25, 0.3) is 0 Å². The molecule has 1 aromatic rings. The summed E-state index contributed by atoms with van der Waals surface area (Å²) < 4.78 is 0. The quantitative estimate of drug-likeness (QED) is 0.766. The summed E-state index contributed by atoms with van der Waals surface area (Å²) in [5.41, 5.74) is 0.203. The fourth-order valence-corrected chi connectivity index (χ4v) is 1.67. The van der Waals surface area contributed by atoms with Gasteiger partial charge in [-0.3, -0.25) is 0 Å². The molecule has 1 saturated carbocycles. The molecule has 0 unspecified atom stereocenters. The van der Waals surface area contributed by atoms with Gasteiger partial charge >= 0.3 is 0 Å². The molecule has 2 nitrogen and oxygen atoms in total. The molecule has 1 aliphatic carbocycles. The summed E-state index contributed by atoms with van der Waals surface area (Å²) in [6.07, 6.45) is 4.53. The summed E-state index contributed by atoms with van der Waals surface area (Å²) in [7, 11) is 0. The van der Waals surface area contributed by atoms with E-state index in [-0.39, 0.29) is 5.54 Å². The summed E-state index contributed by atoms with van der Waals surface area (Å²) in [6.45, 7) is 4.50. The standard InChI is InChI=1S/C11H16N2/c1-11(2,9-6-7-9)13-10-5-3-4-8-12-10/h3-5,8-9H,6-7H2,1-2H3,(H,12,13). The Balaban J connectivity index is 2.04. The normalized spacial score (nSPS) is 17.1. The zero-order chi connectivity index (χ0) is 9.31. The lowest BCUT2D eigenvalue weighted by molar-refractivity contribution is 0.492. The van der Waals surface area contributed by atoms with E-state index in [9.17, 15) is 0 Å². The summed E-state index contributed by atoms with van der Waals surface area (Å²) in [4.78, 5) is 4.26. The van der Waals surface area contributed by atoms with Crippen LogP contribution in [0.15, 0.2) is 24.4 Å². The van der Waals surface area contributed by atoms with Crippen LogP contribution in [0.3, 0.4) is 0 Å². The van der Waals surface area contributed by atoms with E-state index in [2.05, 4.69) is 24.1 Å². The minimum atomic E-state index is 0.203. The van der Waals surface area contributed by atoms with Gasteiger partial charge in [-0.1, -0.05) is 6.07 Å². The highest BCUT2D eigenvalue weighted by atomic mass is 15.1. The predicted octanol–water partition coefficient (Wildman–Crippen LogP) is 2.68. The molecule has 0 aliphatic heterocycles. The van der Waals surface area contributed by atoms with Gasteiger partial charge in [0, 0.05) is 11.7 Å². The van der Waals surface area contributed by atoms with Crippen molar-refractivity contribution in [3.05, 3.63) is 24.4 Å². The zero-order valence-corrected chi connectivity index (χ0v) is 8.25. The van der Waals surface area contributed by atoms with Gasteiger partial charge in [0.1, 0.15) is 5.82 Å². The Morgan fingerprint density at radius 2 is 2.15 bits per heavy atom. The Hall–Kier alpha value is -1.05. The summed E-state index contributed by atoms with van der Waals surface area (Å²) in [5.74, 6) is 1.81. The van der Waals surface area contributed by atoms with E-state index in [1.165, 1.54) is 12.8 Å². The van der Waals surface area contributed by atoms with Crippen LogP contribution in [0.4, 0.5) is 5.82 Å². The minimum Gasteiger partial charge on any atom is -0.365 e. The first-order valence-electron chi connectivity index (χ1n) is 4.88. The predicted molar refractivity (Wildman–Crippen MR) is 54.7 cm³/mol. The number of hydrogen-bond acceptors (Lipinski definition) is 2. The van der Waals surface area contributed by atoms with Gasteiger partial charge in [0.2, 0.25) is 0 Å². The van der Waals surface area contributed by atoms with Gasteiger partial charge in [0.05, 0.1) is 0 Å². The summed E-state index contributed by atoms with van der Waals surface area (Å²) >= 11 is 0. The number of pyridine rings is 1. The molecule has 2 rings (SSSR count). The van der Waals surface area contributed by atoms with Crippen molar-refractivity contribution in [3.63, 3.8) is 0 Å². The van der Waals surface area contributed by atoms with Crippen LogP contribution in [0.1, 0.15) is 26.7 Å². The smallest absolute Gasteiger partial charge is 0.126 e. The van der Waals surface area contributed by atoms with Gasteiger partial charge in [-0.25, -0.2) is 4.98 Å². The first-order chi connectivity index (χ1) is 6.18. The zero-order valence-electron chi connectivity index (χ0n) is 8.25. The number of nitrogens with one attached hydrogen (secondary N) is 1. The minimum absolute atomic E-state index is 0.203. The van der Waals surface area contributed by atoms with Crippen molar-refractivity contribution in [1.29, 1.82) is 0 Å². The van der Waals surface area contributed by atoms with Crippen LogP contribution in [0.5, 0.6) is 0 Å². The third-order valence-corrected chi connectivity index (χ3v) is 2.71. The summed E-state index contributed by atoms with van der Waals surface area (Å²) in [5, 5.41) is 3.47. The molecule has 70 valence electrons. The van der Waals surface area contributed by atoms with Crippen molar-refractivity contribution in [3.8, 4) is 0 Å². The fraction of sp³-hybridized carbons (Fsp3) is 0.545. The van der Waals surface area contributed by atoms with Crippen molar-refractivity contribution in [2.45, 2.75) is 32.2 Å². The molecular weight excluding hydrogens is 160 g/mol. The van der Waals surface area contributed by atoms with E-state index < -0.39 is 0 Å². The Bertz CT molecular complexity index is 275. The van der Waals surface area contributed by atoms with Gasteiger partial charge in [-0.05, 0) is 44.7 Å². The van der Waals surface area contributed by atoms with Crippen LogP contribution < -0.4 is 5.32 Å². The Morgan fingerprint density at radius 1 is 1.38 bits per heavy atom. The molecule has 13 heavy (non-hydrogen) atoms. The monoisotopic (exact) mass is 176 g/mol. The third-order valence-electron chi connectivity index (χ3n) is 2.71. The van der Waals surface area contributed by atoms with E-state index in [1.54, 1.807) is 0 Å². The van der Waals surface area contributed by atoms with Crippen molar-refractivity contribution in [2.24, 2.45) is 5.92 Å². The van der Waals surface area contributed by atoms with Crippen LogP contribution in [-0.4, -0.2) is 10.5 Å².